The molecule has 0 bridgehead atoms. The molecule has 0 aliphatic heterocycles. The zero-order valence-corrected chi connectivity index (χ0v) is 15.6. The molecule has 0 radical (unpaired) electrons. The van der Waals surface area contributed by atoms with Crippen molar-refractivity contribution in [1.82, 2.24) is 20.3 Å². The SMILES string of the molecule is CC(=O)Nc1ccc(Nc2cc(C(=O)NCc3ccccn3)nc(C)n2)cc1. The van der Waals surface area contributed by atoms with Crippen molar-refractivity contribution < 1.29 is 9.59 Å². The maximum Gasteiger partial charge on any atom is 0.270 e. The molecule has 0 aliphatic rings. The average Bonchev–Trinajstić information content (AvgIpc) is 2.67. The van der Waals surface area contributed by atoms with Gasteiger partial charge in [-0.15, -0.1) is 0 Å². The summed E-state index contributed by atoms with van der Waals surface area (Å²) < 4.78 is 0. The number of rotatable bonds is 6. The Bertz CT molecular complexity index is 974. The molecule has 8 nitrogen and oxygen atoms in total. The number of nitrogens with one attached hydrogen (secondary N) is 3. The zero-order valence-electron chi connectivity index (χ0n) is 15.6. The highest BCUT2D eigenvalue weighted by atomic mass is 16.2. The summed E-state index contributed by atoms with van der Waals surface area (Å²) in [6, 6.07) is 14.3. The first-order valence-corrected chi connectivity index (χ1v) is 8.68. The fourth-order valence-electron chi connectivity index (χ4n) is 2.50. The Morgan fingerprint density at radius 1 is 1.00 bits per heavy atom. The molecule has 2 amide bonds. The molecule has 3 rings (SSSR count). The van der Waals surface area contributed by atoms with Crippen molar-refractivity contribution in [3.8, 4) is 0 Å². The lowest BCUT2D eigenvalue weighted by Gasteiger charge is -2.10. The smallest absolute Gasteiger partial charge is 0.270 e. The molecule has 3 aromatic rings. The van der Waals surface area contributed by atoms with E-state index < -0.39 is 0 Å². The van der Waals surface area contributed by atoms with Gasteiger partial charge in [0, 0.05) is 30.6 Å². The lowest BCUT2D eigenvalue weighted by atomic mass is 10.2. The third-order valence-electron chi connectivity index (χ3n) is 3.70. The van der Waals surface area contributed by atoms with Gasteiger partial charge in [-0.3, -0.25) is 14.6 Å². The van der Waals surface area contributed by atoms with Crippen LogP contribution in [0.4, 0.5) is 17.2 Å². The second-order valence-corrected chi connectivity index (χ2v) is 6.07. The number of hydrogen-bond acceptors (Lipinski definition) is 6. The summed E-state index contributed by atoms with van der Waals surface area (Å²) in [6.07, 6.45) is 1.68. The summed E-state index contributed by atoms with van der Waals surface area (Å²) in [6.45, 7) is 3.49. The summed E-state index contributed by atoms with van der Waals surface area (Å²) in [5.74, 6) is 0.541. The predicted molar refractivity (Wildman–Crippen MR) is 106 cm³/mol. The predicted octanol–water partition coefficient (Wildman–Crippen LogP) is 2.81. The normalized spacial score (nSPS) is 10.2. The van der Waals surface area contributed by atoms with Crippen LogP contribution in [-0.2, 0) is 11.3 Å². The van der Waals surface area contributed by atoms with Gasteiger partial charge in [0.25, 0.3) is 5.91 Å². The van der Waals surface area contributed by atoms with Crippen molar-refractivity contribution in [2.75, 3.05) is 10.6 Å². The monoisotopic (exact) mass is 376 g/mol. The molecule has 0 saturated carbocycles. The Morgan fingerprint density at radius 2 is 1.75 bits per heavy atom. The number of carbonyl (C=O) groups is 2. The number of hydrogen-bond donors (Lipinski definition) is 3. The minimum atomic E-state index is -0.305. The fourth-order valence-corrected chi connectivity index (χ4v) is 2.50. The molecule has 0 fully saturated rings. The standard InChI is InChI=1S/C20H20N6O2/c1-13-23-18(20(28)22-12-17-5-3-4-10-21-17)11-19(24-13)26-16-8-6-15(7-9-16)25-14(2)27/h3-11H,12H2,1-2H3,(H,22,28)(H,25,27)(H,23,24,26). The van der Waals surface area contributed by atoms with E-state index in [0.717, 1.165) is 11.4 Å². The van der Waals surface area contributed by atoms with Crippen molar-refractivity contribution in [1.29, 1.82) is 0 Å². The van der Waals surface area contributed by atoms with Gasteiger partial charge in [0.2, 0.25) is 5.91 Å². The van der Waals surface area contributed by atoms with Crippen molar-refractivity contribution in [3.63, 3.8) is 0 Å². The molecule has 1 aromatic carbocycles. The highest BCUT2D eigenvalue weighted by molar-refractivity contribution is 5.93. The van der Waals surface area contributed by atoms with Crippen LogP contribution in [0.1, 0.15) is 28.9 Å². The van der Waals surface area contributed by atoms with E-state index in [1.54, 1.807) is 31.3 Å². The van der Waals surface area contributed by atoms with Crippen LogP contribution in [0.5, 0.6) is 0 Å². The van der Waals surface area contributed by atoms with Crippen LogP contribution in [0.2, 0.25) is 0 Å². The van der Waals surface area contributed by atoms with Crippen molar-refractivity contribution in [2.45, 2.75) is 20.4 Å². The Kier molecular flexibility index (Phi) is 5.91. The van der Waals surface area contributed by atoms with Gasteiger partial charge in [-0.05, 0) is 43.3 Å². The van der Waals surface area contributed by atoms with Crippen LogP contribution in [0, 0.1) is 6.92 Å². The number of nitrogens with zero attached hydrogens (tertiary/aromatic N) is 3. The van der Waals surface area contributed by atoms with Gasteiger partial charge in [-0.25, -0.2) is 9.97 Å². The maximum atomic E-state index is 12.4. The summed E-state index contributed by atoms with van der Waals surface area (Å²) in [5.41, 5.74) is 2.50. The second kappa shape index (κ2) is 8.72. The van der Waals surface area contributed by atoms with Gasteiger partial charge in [-0.1, -0.05) is 6.07 Å². The first-order chi connectivity index (χ1) is 13.5. The molecule has 28 heavy (non-hydrogen) atoms. The van der Waals surface area contributed by atoms with Crippen LogP contribution in [0.3, 0.4) is 0 Å². The first-order valence-electron chi connectivity index (χ1n) is 8.68. The molecular formula is C20H20N6O2. The van der Waals surface area contributed by atoms with Gasteiger partial charge in [0.15, 0.2) is 0 Å². The minimum Gasteiger partial charge on any atom is -0.345 e. The molecule has 0 atom stereocenters. The Balaban J connectivity index is 1.68. The lowest BCUT2D eigenvalue weighted by molar-refractivity contribution is -0.114. The van der Waals surface area contributed by atoms with Crippen LogP contribution < -0.4 is 16.0 Å². The number of carbonyl (C=O) groups excluding carboxylic acids is 2. The number of anilines is 3. The van der Waals surface area contributed by atoms with E-state index in [1.165, 1.54) is 6.92 Å². The van der Waals surface area contributed by atoms with E-state index in [0.29, 0.717) is 23.9 Å². The average molecular weight is 376 g/mol. The molecule has 3 N–H and O–H groups in total. The molecule has 2 aromatic heterocycles. The molecular weight excluding hydrogens is 356 g/mol. The summed E-state index contributed by atoms with van der Waals surface area (Å²) in [5, 5.41) is 8.64. The van der Waals surface area contributed by atoms with Crippen molar-refractivity contribution in [3.05, 3.63) is 71.9 Å². The molecule has 0 saturated heterocycles. The largest absolute Gasteiger partial charge is 0.345 e. The quantitative estimate of drug-likeness (QED) is 0.610. The molecule has 8 heteroatoms. The van der Waals surface area contributed by atoms with E-state index in [2.05, 4.69) is 30.9 Å². The summed E-state index contributed by atoms with van der Waals surface area (Å²) in [7, 11) is 0. The number of aryl methyl sites for hydroxylation is 1. The van der Waals surface area contributed by atoms with Crippen LogP contribution in [0.25, 0.3) is 0 Å². The van der Waals surface area contributed by atoms with Gasteiger partial charge in [0.05, 0.1) is 12.2 Å². The van der Waals surface area contributed by atoms with E-state index in [1.807, 2.05) is 30.3 Å². The molecule has 2 heterocycles. The van der Waals surface area contributed by atoms with E-state index in [9.17, 15) is 9.59 Å². The van der Waals surface area contributed by atoms with Crippen LogP contribution >= 0.6 is 0 Å². The lowest BCUT2D eigenvalue weighted by Crippen LogP contribution is -2.24. The number of pyridine rings is 1. The summed E-state index contributed by atoms with van der Waals surface area (Å²) in [4.78, 5) is 36.2. The third kappa shape index (κ3) is 5.34. The van der Waals surface area contributed by atoms with Crippen molar-refractivity contribution in [2.24, 2.45) is 0 Å². The minimum absolute atomic E-state index is 0.131. The Morgan fingerprint density at radius 3 is 2.43 bits per heavy atom. The van der Waals surface area contributed by atoms with Gasteiger partial charge < -0.3 is 16.0 Å². The molecule has 0 unspecified atom stereocenters. The molecule has 0 spiro atoms. The van der Waals surface area contributed by atoms with Gasteiger partial charge in [0.1, 0.15) is 17.3 Å². The van der Waals surface area contributed by atoms with Crippen molar-refractivity contribution >= 4 is 29.0 Å². The fraction of sp³-hybridized carbons (Fsp3) is 0.150. The van der Waals surface area contributed by atoms with Gasteiger partial charge >= 0.3 is 0 Å². The van der Waals surface area contributed by atoms with E-state index >= 15 is 0 Å². The third-order valence-corrected chi connectivity index (χ3v) is 3.70. The molecule has 0 aliphatic carbocycles. The Labute approximate surface area is 162 Å². The van der Waals surface area contributed by atoms with Crippen LogP contribution in [0.15, 0.2) is 54.7 Å². The zero-order chi connectivity index (χ0) is 19.9. The second-order valence-electron chi connectivity index (χ2n) is 6.07. The highest BCUT2D eigenvalue weighted by Gasteiger charge is 2.11. The van der Waals surface area contributed by atoms with E-state index in [4.69, 9.17) is 0 Å². The molecule has 142 valence electrons. The van der Waals surface area contributed by atoms with Gasteiger partial charge in [-0.2, -0.15) is 0 Å². The topological polar surface area (TPSA) is 109 Å². The highest BCUT2D eigenvalue weighted by Crippen LogP contribution is 2.18. The summed E-state index contributed by atoms with van der Waals surface area (Å²) >= 11 is 0. The van der Waals surface area contributed by atoms with Crippen LogP contribution in [-0.4, -0.2) is 26.8 Å². The maximum absolute atomic E-state index is 12.4. The number of amides is 2. The number of aromatic nitrogens is 3. The Hall–Kier alpha value is -3.81. The number of benzene rings is 1. The van der Waals surface area contributed by atoms with E-state index in [-0.39, 0.29) is 17.5 Å². The first kappa shape index (κ1) is 19.0.